The molecule has 2 amide bonds. The molecule has 1 heterocycles. The molecular formula is C12H20N4O2. The number of nitrogens with one attached hydrogen (secondary N) is 2. The molecule has 6 heteroatoms. The van der Waals surface area contributed by atoms with Gasteiger partial charge < -0.3 is 15.2 Å². The van der Waals surface area contributed by atoms with Gasteiger partial charge in [-0.3, -0.25) is 0 Å². The number of amides is 2. The van der Waals surface area contributed by atoms with Crippen LogP contribution in [0.5, 0.6) is 0 Å². The van der Waals surface area contributed by atoms with Gasteiger partial charge in [-0.1, -0.05) is 19.0 Å². The Morgan fingerprint density at radius 2 is 2.28 bits per heavy atom. The molecule has 1 aromatic heterocycles. The molecule has 0 spiro atoms. The lowest BCUT2D eigenvalue weighted by atomic mass is 10.2. The molecule has 1 aliphatic carbocycles. The van der Waals surface area contributed by atoms with E-state index in [0.717, 1.165) is 25.1 Å². The molecule has 0 unspecified atom stereocenters. The predicted octanol–water partition coefficient (Wildman–Crippen LogP) is 1.59. The number of carbonyl (C=O) groups is 1. The SMILES string of the molecule is CC(C)c1noc(CCCNC(=O)NC2CC2)n1. The van der Waals surface area contributed by atoms with Crippen LogP contribution in [0.15, 0.2) is 4.52 Å². The van der Waals surface area contributed by atoms with Crippen LogP contribution in [0.25, 0.3) is 0 Å². The first-order valence-electron chi connectivity index (χ1n) is 6.52. The summed E-state index contributed by atoms with van der Waals surface area (Å²) in [5, 5.41) is 9.58. The summed E-state index contributed by atoms with van der Waals surface area (Å²) in [6, 6.07) is 0.320. The summed E-state index contributed by atoms with van der Waals surface area (Å²) < 4.78 is 5.12. The van der Waals surface area contributed by atoms with Gasteiger partial charge in [-0.05, 0) is 19.3 Å². The summed E-state index contributed by atoms with van der Waals surface area (Å²) in [7, 11) is 0. The molecule has 0 aliphatic heterocycles. The van der Waals surface area contributed by atoms with E-state index in [0.29, 0.717) is 24.9 Å². The molecule has 6 nitrogen and oxygen atoms in total. The van der Waals surface area contributed by atoms with E-state index in [4.69, 9.17) is 4.52 Å². The summed E-state index contributed by atoms with van der Waals surface area (Å²) in [6.45, 7) is 4.68. The number of urea groups is 1. The van der Waals surface area contributed by atoms with Crippen LogP contribution in [0.1, 0.15) is 50.7 Å². The number of carbonyl (C=O) groups excluding carboxylic acids is 1. The van der Waals surface area contributed by atoms with E-state index in [9.17, 15) is 4.79 Å². The van der Waals surface area contributed by atoms with Gasteiger partial charge in [-0.2, -0.15) is 4.98 Å². The zero-order valence-electron chi connectivity index (χ0n) is 10.9. The Hall–Kier alpha value is -1.59. The highest BCUT2D eigenvalue weighted by molar-refractivity contribution is 5.74. The van der Waals surface area contributed by atoms with Crippen molar-refractivity contribution in [3.05, 3.63) is 11.7 Å². The maximum Gasteiger partial charge on any atom is 0.315 e. The van der Waals surface area contributed by atoms with Gasteiger partial charge in [0.05, 0.1) is 0 Å². The number of aromatic nitrogens is 2. The van der Waals surface area contributed by atoms with Crippen molar-refractivity contribution in [3.8, 4) is 0 Å². The maximum atomic E-state index is 11.3. The van der Waals surface area contributed by atoms with Gasteiger partial charge in [0.1, 0.15) is 0 Å². The number of hydrogen-bond acceptors (Lipinski definition) is 4. The molecule has 1 aliphatic rings. The third kappa shape index (κ3) is 4.01. The fourth-order valence-electron chi connectivity index (χ4n) is 1.51. The molecule has 0 radical (unpaired) electrons. The minimum absolute atomic E-state index is 0.0779. The second kappa shape index (κ2) is 5.84. The first kappa shape index (κ1) is 12.9. The first-order valence-corrected chi connectivity index (χ1v) is 6.52. The van der Waals surface area contributed by atoms with E-state index >= 15 is 0 Å². The van der Waals surface area contributed by atoms with E-state index in [1.807, 2.05) is 13.8 Å². The minimum atomic E-state index is -0.0779. The van der Waals surface area contributed by atoms with Crippen LogP contribution >= 0.6 is 0 Å². The fourth-order valence-corrected chi connectivity index (χ4v) is 1.51. The summed E-state index contributed by atoms with van der Waals surface area (Å²) in [4.78, 5) is 15.6. The molecule has 1 saturated carbocycles. The van der Waals surface area contributed by atoms with Gasteiger partial charge in [0.25, 0.3) is 0 Å². The number of nitrogens with zero attached hydrogens (tertiary/aromatic N) is 2. The van der Waals surface area contributed by atoms with Crippen molar-refractivity contribution < 1.29 is 9.32 Å². The second-order valence-corrected chi connectivity index (χ2v) is 4.98. The van der Waals surface area contributed by atoms with Crippen molar-refractivity contribution in [1.29, 1.82) is 0 Å². The largest absolute Gasteiger partial charge is 0.339 e. The van der Waals surface area contributed by atoms with Gasteiger partial charge in [0.15, 0.2) is 5.82 Å². The van der Waals surface area contributed by atoms with Crippen LogP contribution in [0.3, 0.4) is 0 Å². The van der Waals surface area contributed by atoms with Crippen LogP contribution < -0.4 is 10.6 Å². The Morgan fingerprint density at radius 3 is 2.89 bits per heavy atom. The summed E-state index contributed by atoms with van der Waals surface area (Å²) in [5.41, 5.74) is 0. The van der Waals surface area contributed by atoms with Crippen LogP contribution in [0, 0.1) is 0 Å². The fraction of sp³-hybridized carbons (Fsp3) is 0.750. The van der Waals surface area contributed by atoms with E-state index < -0.39 is 0 Å². The third-order valence-electron chi connectivity index (χ3n) is 2.77. The molecule has 18 heavy (non-hydrogen) atoms. The van der Waals surface area contributed by atoms with E-state index in [1.165, 1.54) is 0 Å². The van der Waals surface area contributed by atoms with Crippen molar-refractivity contribution in [2.75, 3.05) is 6.54 Å². The van der Waals surface area contributed by atoms with Crippen LogP contribution in [0.2, 0.25) is 0 Å². The topological polar surface area (TPSA) is 80.0 Å². The molecule has 2 rings (SSSR count). The Labute approximate surface area is 107 Å². The van der Waals surface area contributed by atoms with Crippen LogP contribution in [-0.4, -0.2) is 28.8 Å². The monoisotopic (exact) mass is 252 g/mol. The van der Waals surface area contributed by atoms with Gasteiger partial charge >= 0.3 is 6.03 Å². The molecule has 1 fully saturated rings. The predicted molar refractivity (Wildman–Crippen MR) is 66.3 cm³/mol. The zero-order chi connectivity index (χ0) is 13.0. The smallest absolute Gasteiger partial charge is 0.315 e. The van der Waals surface area contributed by atoms with Crippen molar-refractivity contribution >= 4 is 6.03 Å². The number of aryl methyl sites for hydroxylation is 1. The Kier molecular flexibility index (Phi) is 4.17. The lowest BCUT2D eigenvalue weighted by Gasteiger charge is -2.04. The molecular weight excluding hydrogens is 232 g/mol. The molecule has 2 N–H and O–H groups in total. The standard InChI is InChI=1S/C12H20N4O2/c1-8(2)11-15-10(18-16-11)4-3-7-13-12(17)14-9-5-6-9/h8-9H,3-7H2,1-2H3,(H2,13,14,17). The Balaban J connectivity index is 1.60. The van der Waals surface area contributed by atoms with Gasteiger partial charge in [-0.25, -0.2) is 4.79 Å². The normalized spacial score (nSPS) is 14.8. The molecule has 0 saturated heterocycles. The van der Waals surface area contributed by atoms with E-state index in [-0.39, 0.29) is 11.9 Å². The third-order valence-corrected chi connectivity index (χ3v) is 2.77. The average Bonchev–Trinajstić information content (AvgIpc) is 2.99. The summed E-state index contributed by atoms with van der Waals surface area (Å²) >= 11 is 0. The molecule has 1 aromatic rings. The molecule has 0 aromatic carbocycles. The highest BCUT2D eigenvalue weighted by Crippen LogP contribution is 2.18. The highest BCUT2D eigenvalue weighted by atomic mass is 16.5. The highest BCUT2D eigenvalue weighted by Gasteiger charge is 2.22. The maximum absolute atomic E-state index is 11.3. The van der Waals surface area contributed by atoms with Crippen LogP contribution in [-0.2, 0) is 6.42 Å². The first-order chi connectivity index (χ1) is 8.65. The zero-order valence-corrected chi connectivity index (χ0v) is 10.9. The lowest BCUT2D eigenvalue weighted by Crippen LogP contribution is -2.37. The average molecular weight is 252 g/mol. The van der Waals surface area contributed by atoms with Crippen molar-refractivity contribution in [2.24, 2.45) is 0 Å². The van der Waals surface area contributed by atoms with Gasteiger partial charge in [-0.15, -0.1) is 0 Å². The molecule has 0 atom stereocenters. The number of hydrogen-bond donors (Lipinski definition) is 2. The van der Waals surface area contributed by atoms with E-state index in [1.54, 1.807) is 0 Å². The summed E-state index contributed by atoms with van der Waals surface area (Å²) in [6.07, 6.45) is 3.71. The van der Waals surface area contributed by atoms with Crippen LogP contribution in [0.4, 0.5) is 4.79 Å². The van der Waals surface area contributed by atoms with E-state index in [2.05, 4.69) is 20.8 Å². The Bertz CT molecular complexity index is 399. The van der Waals surface area contributed by atoms with Gasteiger partial charge in [0, 0.05) is 24.9 Å². The van der Waals surface area contributed by atoms with Gasteiger partial charge in [0.2, 0.25) is 5.89 Å². The lowest BCUT2D eigenvalue weighted by molar-refractivity contribution is 0.240. The summed E-state index contributed by atoms with van der Waals surface area (Å²) in [5.74, 6) is 1.66. The van der Waals surface area contributed by atoms with Crippen molar-refractivity contribution in [3.63, 3.8) is 0 Å². The number of rotatable bonds is 6. The second-order valence-electron chi connectivity index (χ2n) is 4.98. The quantitative estimate of drug-likeness (QED) is 0.753. The molecule has 100 valence electrons. The Morgan fingerprint density at radius 1 is 1.50 bits per heavy atom. The van der Waals surface area contributed by atoms with Crippen molar-refractivity contribution in [2.45, 2.75) is 51.5 Å². The van der Waals surface area contributed by atoms with Crippen molar-refractivity contribution in [1.82, 2.24) is 20.8 Å². The molecule has 0 bridgehead atoms. The minimum Gasteiger partial charge on any atom is -0.339 e.